The molecule has 0 bridgehead atoms. The zero-order valence-corrected chi connectivity index (χ0v) is 12.0. The molecular weight excluding hydrogens is 273 g/mol. The number of ether oxygens (including phenoxy) is 1. The highest BCUT2D eigenvalue weighted by atomic mass is 32.2. The van der Waals surface area contributed by atoms with E-state index in [0.717, 1.165) is 11.1 Å². The third-order valence-electron chi connectivity index (χ3n) is 3.60. The van der Waals surface area contributed by atoms with Crippen LogP contribution in [0.2, 0.25) is 0 Å². The van der Waals surface area contributed by atoms with Crippen LogP contribution < -0.4 is 10.5 Å². The Hall–Kier alpha value is -1.52. The third kappa shape index (κ3) is 2.53. The maximum Gasteiger partial charge on any atom is 0.127 e. The van der Waals surface area contributed by atoms with Gasteiger partial charge in [0.25, 0.3) is 0 Å². The number of hydrogen-bond acceptors (Lipinski definition) is 3. The van der Waals surface area contributed by atoms with Gasteiger partial charge in [0.1, 0.15) is 17.7 Å². The van der Waals surface area contributed by atoms with Crippen LogP contribution in [-0.2, 0) is 0 Å². The molecule has 3 rings (SSSR count). The number of hydrogen-bond donors (Lipinski definition) is 1. The lowest BCUT2D eigenvalue weighted by atomic mass is 9.93. The fourth-order valence-corrected chi connectivity index (χ4v) is 2.91. The highest BCUT2D eigenvalue weighted by Gasteiger charge is 2.27. The van der Waals surface area contributed by atoms with Crippen LogP contribution in [0.3, 0.4) is 0 Å². The first-order chi connectivity index (χ1) is 9.67. The van der Waals surface area contributed by atoms with E-state index in [9.17, 15) is 4.39 Å². The molecule has 1 aliphatic heterocycles. The molecule has 0 fully saturated rings. The molecule has 4 heteroatoms. The summed E-state index contributed by atoms with van der Waals surface area (Å²) in [6, 6.07) is 12.7. The minimum atomic E-state index is -0.297. The minimum absolute atomic E-state index is 0.116. The van der Waals surface area contributed by atoms with Crippen LogP contribution in [0.4, 0.5) is 4.39 Å². The molecule has 0 radical (unpaired) electrons. The van der Waals surface area contributed by atoms with Gasteiger partial charge in [0, 0.05) is 29.0 Å². The molecule has 2 aromatic rings. The van der Waals surface area contributed by atoms with Crippen molar-refractivity contribution in [1.82, 2.24) is 0 Å². The second-order valence-corrected chi connectivity index (χ2v) is 5.78. The number of thioether (sulfide) groups is 1. The van der Waals surface area contributed by atoms with Crippen molar-refractivity contribution in [3.63, 3.8) is 0 Å². The van der Waals surface area contributed by atoms with Crippen LogP contribution in [0.25, 0.3) is 0 Å². The normalized spacial score (nSPS) is 21.1. The van der Waals surface area contributed by atoms with Crippen molar-refractivity contribution in [3.05, 3.63) is 59.4 Å². The smallest absolute Gasteiger partial charge is 0.127 e. The Kier molecular flexibility index (Phi) is 3.68. The maximum atomic E-state index is 13.3. The highest BCUT2D eigenvalue weighted by molar-refractivity contribution is 7.98. The molecule has 20 heavy (non-hydrogen) atoms. The summed E-state index contributed by atoms with van der Waals surface area (Å²) < 4.78 is 19.2. The van der Waals surface area contributed by atoms with Crippen molar-refractivity contribution in [2.75, 3.05) is 6.26 Å². The molecule has 2 aromatic carbocycles. The van der Waals surface area contributed by atoms with Gasteiger partial charge in [-0.25, -0.2) is 4.39 Å². The first kappa shape index (κ1) is 13.5. The predicted octanol–water partition coefficient (Wildman–Crippen LogP) is 4.07. The van der Waals surface area contributed by atoms with Gasteiger partial charge in [-0.15, -0.1) is 11.8 Å². The van der Waals surface area contributed by atoms with E-state index in [1.54, 1.807) is 17.8 Å². The Morgan fingerprint density at radius 2 is 1.95 bits per heavy atom. The van der Waals surface area contributed by atoms with E-state index in [0.29, 0.717) is 12.2 Å². The standard InChI is InChI=1S/C16H16FNOS/c1-20-12-5-2-10(3-6-12)15-9-14(18)13-7-4-11(17)8-16(13)19-15/h2-8,14-15H,9,18H2,1H3. The van der Waals surface area contributed by atoms with Gasteiger partial charge >= 0.3 is 0 Å². The molecule has 104 valence electrons. The topological polar surface area (TPSA) is 35.2 Å². The number of nitrogens with two attached hydrogens (primary N) is 1. The van der Waals surface area contributed by atoms with Crippen molar-refractivity contribution in [2.45, 2.75) is 23.5 Å². The van der Waals surface area contributed by atoms with Gasteiger partial charge in [-0.3, -0.25) is 0 Å². The first-order valence-electron chi connectivity index (χ1n) is 6.53. The molecule has 2 atom stereocenters. The molecule has 0 amide bonds. The van der Waals surface area contributed by atoms with Crippen molar-refractivity contribution in [3.8, 4) is 5.75 Å². The second-order valence-electron chi connectivity index (χ2n) is 4.90. The quantitative estimate of drug-likeness (QED) is 0.846. The van der Waals surface area contributed by atoms with Gasteiger partial charge in [-0.2, -0.15) is 0 Å². The van der Waals surface area contributed by atoms with Crippen molar-refractivity contribution < 1.29 is 9.13 Å². The van der Waals surface area contributed by atoms with E-state index >= 15 is 0 Å². The maximum absolute atomic E-state index is 13.3. The van der Waals surface area contributed by atoms with Crippen LogP contribution in [0.15, 0.2) is 47.4 Å². The lowest BCUT2D eigenvalue weighted by molar-refractivity contribution is 0.160. The van der Waals surface area contributed by atoms with E-state index in [1.165, 1.54) is 17.0 Å². The lowest BCUT2D eigenvalue weighted by Gasteiger charge is -2.30. The summed E-state index contributed by atoms with van der Waals surface area (Å²) >= 11 is 1.70. The Bertz CT molecular complexity index is 614. The predicted molar refractivity (Wildman–Crippen MR) is 79.5 cm³/mol. The fraction of sp³-hybridized carbons (Fsp3) is 0.250. The second kappa shape index (κ2) is 5.46. The molecule has 0 saturated carbocycles. The molecule has 1 heterocycles. The summed E-state index contributed by atoms with van der Waals surface area (Å²) in [6.45, 7) is 0. The van der Waals surface area contributed by atoms with Crippen molar-refractivity contribution >= 4 is 11.8 Å². The third-order valence-corrected chi connectivity index (χ3v) is 4.34. The Balaban J connectivity index is 1.89. The number of benzene rings is 2. The number of halogens is 1. The minimum Gasteiger partial charge on any atom is -0.485 e. The lowest BCUT2D eigenvalue weighted by Crippen LogP contribution is -2.24. The summed E-state index contributed by atoms with van der Waals surface area (Å²) in [5.41, 5.74) is 8.13. The summed E-state index contributed by atoms with van der Waals surface area (Å²) in [5, 5.41) is 0. The van der Waals surface area contributed by atoms with Crippen molar-refractivity contribution in [2.24, 2.45) is 5.73 Å². The zero-order chi connectivity index (χ0) is 14.1. The average molecular weight is 289 g/mol. The summed E-state index contributed by atoms with van der Waals surface area (Å²) in [5.74, 6) is 0.261. The van der Waals surface area contributed by atoms with Crippen LogP contribution in [0, 0.1) is 5.82 Å². The molecule has 2 unspecified atom stereocenters. The van der Waals surface area contributed by atoms with Crippen LogP contribution in [0.1, 0.15) is 29.7 Å². The van der Waals surface area contributed by atoms with E-state index in [1.807, 2.05) is 18.4 Å². The molecular formula is C16H16FNOS. The highest BCUT2D eigenvalue weighted by Crippen LogP contribution is 2.40. The molecule has 1 aliphatic rings. The van der Waals surface area contributed by atoms with Gasteiger partial charge in [0.05, 0.1) is 0 Å². The Labute approximate surface area is 122 Å². The van der Waals surface area contributed by atoms with Crippen LogP contribution in [-0.4, -0.2) is 6.26 Å². The van der Waals surface area contributed by atoms with Gasteiger partial charge in [-0.05, 0) is 30.0 Å². The Morgan fingerprint density at radius 1 is 1.20 bits per heavy atom. The summed E-state index contributed by atoms with van der Waals surface area (Å²) in [7, 11) is 0. The largest absolute Gasteiger partial charge is 0.485 e. The zero-order valence-electron chi connectivity index (χ0n) is 11.2. The van der Waals surface area contributed by atoms with Crippen LogP contribution >= 0.6 is 11.8 Å². The molecule has 0 aromatic heterocycles. The monoisotopic (exact) mass is 289 g/mol. The molecule has 2 nitrogen and oxygen atoms in total. The number of rotatable bonds is 2. The molecule has 2 N–H and O–H groups in total. The SMILES string of the molecule is CSc1ccc(C2CC(N)c3ccc(F)cc3O2)cc1. The van der Waals surface area contributed by atoms with E-state index in [4.69, 9.17) is 10.5 Å². The van der Waals surface area contributed by atoms with Gasteiger partial charge in [0.2, 0.25) is 0 Å². The summed E-state index contributed by atoms with van der Waals surface area (Å²) in [6.07, 6.45) is 2.63. The average Bonchev–Trinajstić information content (AvgIpc) is 2.46. The van der Waals surface area contributed by atoms with Gasteiger partial charge in [0.15, 0.2) is 0 Å². The van der Waals surface area contributed by atoms with Gasteiger partial charge < -0.3 is 10.5 Å². The van der Waals surface area contributed by atoms with E-state index < -0.39 is 0 Å². The molecule has 0 spiro atoms. The Morgan fingerprint density at radius 3 is 2.65 bits per heavy atom. The van der Waals surface area contributed by atoms with E-state index in [2.05, 4.69) is 12.1 Å². The first-order valence-corrected chi connectivity index (χ1v) is 7.75. The van der Waals surface area contributed by atoms with E-state index in [-0.39, 0.29) is 18.0 Å². The molecule has 0 aliphatic carbocycles. The number of fused-ring (bicyclic) bond motifs is 1. The fourth-order valence-electron chi connectivity index (χ4n) is 2.50. The van der Waals surface area contributed by atoms with Gasteiger partial charge in [-0.1, -0.05) is 18.2 Å². The van der Waals surface area contributed by atoms with Crippen LogP contribution in [0.5, 0.6) is 5.75 Å². The summed E-state index contributed by atoms with van der Waals surface area (Å²) in [4.78, 5) is 1.21. The molecule has 0 saturated heterocycles. The van der Waals surface area contributed by atoms with Crippen molar-refractivity contribution in [1.29, 1.82) is 0 Å².